The number of para-hydroxylation sites is 7. The summed E-state index contributed by atoms with van der Waals surface area (Å²) in [5.41, 5.74) is 14.0. The SMILES string of the molecule is C[C@@H]1C(C#N)=C(n2c3ccccc3c3ccccc32)C(n2c3ccccc3c3ccccc32)=C(n2c3ccccc3c3c2ccc2c4ccccc4n(-c4ccccc4)c23)[C@H]1C. The third-order valence-electron chi connectivity index (χ3n) is 13.8. The van der Waals surface area contributed by atoms with Gasteiger partial charge in [0, 0.05) is 60.6 Å². The molecule has 0 aliphatic heterocycles. The van der Waals surface area contributed by atoms with E-state index in [1.165, 1.54) is 43.4 Å². The number of hydrogen-bond donors (Lipinski definition) is 0. The van der Waals surface area contributed by atoms with Gasteiger partial charge in [-0.25, -0.2) is 0 Å². The predicted octanol–water partition coefficient (Wildman–Crippen LogP) is 14.7. The van der Waals surface area contributed by atoms with Gasteiger partial charge in [0.25, 0.3) is 0 Å². The molecule has 0 N–H and O–H groups in total. The lowest BCUT2D eigenvalue weighted by Crippen LogP contribution is -2.26. The van der Waals surface area contributed by atoms with Crippen LogP contribution in [0.4, 0.5) is 0 Å². The van der Waals surface area contributed by atoms with Crippen LogP contribution in [0, 0.1) is 23.2 Å². The number of aromatic nitrogens is 4. The molecule has 1 aliphatic carbocycles. The summed E-state index contributed by atoms with van der Waals surface area (Å²) in [7, 11) is 0. The Kier molecular flexibility index (Phi) is 7.27. The van der Waals surface area contributed by atoms with E-state index in [0.29, 0.717) is 0 Å². The largest absolute Gasteiger partial charge is 0.310 e. The number of allylic oxidation sites excluding steroid dienone is 4. The number of nitriles is 1. The zero-order valence-electron chi connectivity index (χ0n) is 34.3. The Bertz CT molecular complexity index is 3860. The molecule has 0 amide bonds. The fourth-order valence-electron chi connectivity index (χ4n) is 11.0. The Balaban J connectivity index is 1.29. The summed E-state index contributed by atoms with van der Waals surface area (Å²) < 4.78 is 9.87. The topological polar surface area (TPSA) is 43.5 Å². The average Bonchev–Trinajstić information content (AvgIpc) is 4.05. The van der Waals surface area contributed by atoms with Crippen LogP contribution in [-0.4, -0.2) is 18.3 Å². The van der Waals surface area contributed by atoms with Gasteiger partial charge >= 0.3 is 0 Å². The van der Waals surface area contributed by atoms with Gasteiger partial charge in [-0.3, -0.25) is 0 Å². The normalized spacial score (nSPS) is 16.1. The first kappa shape index (κ1) is 34.8. The molecule has 8 aromatic carbocycles. The molecule has 0 saturated heterocycles. The molecule has 5 heteroatoms. The number of hydrogen-bond acceptors (Lipinski definition) is 1. The van der Waals surface area contributed by atoms with Gasteiger partial charge in [0.2, 0.25) is 0 Å². The molecule has 62 heavy (non-hydrogen) atoms. The molecule has 0 fully saturated rings. The molecule has 4 heterocycles. The molecular formula is C57H39N5. The third-order valence-corrected chi connectivity index (χ3v) is 13.8. The highest BCUT2D eigenvalue weighted by molar-refractivity contribution is 6.28. The lowest BCUT2D eigenvalue weighted by Gasteiger charge is -2.36. The van der Waals surface area contributed by atoms with Crippen molar-refractivity contribution < 1.29 is 0 Å². The highest BCUT2D eigenvalue weighted by Gasteiger charge is 2.39. The molecule has 13 rings (SSSR count). The Hall–Kier alpha value is -8.07. The van der Waals surface area contributed by atoms with Crippen LogP contribution in [0.15, 0.2) is 194 Å². The van der Waals surface area contributed by atoms with E-state index in [2.05, 4.69) is 226 Å². The zero-order valence-corrected chi connectivity index (χ0v) is 34.3. The summed E-state index contributed by atoms with van der Waals surface area (Å²) in [5.74, 6) is -0.177. The van der Waals surface area contributed by atoms with E-state index in [1.54, 1.807) is 0 Å². The van der Waals surface area contributed by atoms with E-state index >= 15 is 0 Å². The summed E-state index contributed by atoms with van der Waals surface area (Å²) in [6.07, 6.45) is 0. The summed E-state index contributed by atoms with van der Waals surface area (Å²) in [6, 6.07) is 70.8. The molecule has 1 aliphatic rings. The molecule has 0 bridgehead atoms. The maximum Gasteiger partial charge on any atom is 0.0973 e. The molecule has 2 atom stereocenters. The number of benzene rings is 8. The second-order valence-electron chi connectivity index (χ2n) is 16.8. The smallest absolute Gasteiger partial charge is 0.0973 e. The first-order valence-electron chi connectivity index (χ1n) is 21.5. The van der Waals surface area contributed by atoms with E-state index in [9.17, 15) is 5.26 Å². The Labute approximate surface area is 357 Å². The predicted molar refractivity (Wildman–Crippen MR) is 259 cm³/mol. The molecule has 0 radical (unpaired) electrons. The third kappa shape index (κ3) is 4.50. The first-order valence-corrected chi connectivity index (χ1v) is 21.5. The lowest BCUT2D eigenvalue weighted by atomic mass is 9.79. The van der Waals surface area contributed by atoms with Crippen molar-refractivity contribution in [2.75, 3.05) is 0 Å². The van der Waals surface area contributed by atoms with E-state index in [0.717, 1.165) is 72.2 Å². The van der Waals surface area contributed by atoms with Crippen molar-refractivity contribution in [2.24, 2.45) is 11.8 Å². The van der Waals surface area contributed by atoms with Crippen LogP contribution in [0.5, 0.6) is 0 Å². The molecule has 5 nitrogen and oxygen atoms in total. The van der Waals surface area contributed by atoms with Crippen LogP contribution in [0.25, 0.3) is 110 Å². The quantitative estimate of drug-likeness (QED) is 0.175. The molecular weight excluding hydrogens is 755 g/mol. The van der Waals surface area contributed by atoms with E-state index in [4.69, 9.17) is 0 Å². The number of nitrogens with zero attached hydrogens (tertiary/aromatic N) is 5. The first-order chi connectivity index (χ1) is 30.6. The standard InChI is InChI=1S/C57H39N5/c1-35-36(2)54(62-51-31-17-11-25-44(51)53-52(62)33-32-43-42-24-10-12-26-46(42)59(55(43)53)37-18-4-3-5-19-37)57(61-49-29-15-8-22-40(49)41-23-9-16-30-50(41)61)56(45(35)34-58)60-47-27-13-6-20-38(47)39-21-7-14-28-48(39)60/h3-33,35-36H,1-2H3/t35-,36-/m0/s1. The minimum Gasteiger partial charge on any atom is -0.310 e. The van der Waals surface area contributed by atoms with Gasteiger partial charge in [0.05, 0.1) is 72.9 Å². The van der Waals surface area contributed by atoms with Crippen molar-refractivity contribution in [3.63, 3.8) is 0 Å². The Morgan fingerprint density at radius 2 is 0.758 bits per heavy atom. The maximum absolute atomic E-state index is 11.6. The highest BCUT2D eigenvalue weighted by atomic mass is 15.1. The summed E-state index contributed by atoms with van der Waals surface area (Å²) in [5, 5.41) is 21.1. The zero-order chi connectivity index (χ0) is 41.2. The molecule has 12 aromatic rings. The van der Waals surface area contributed by atoms with Crippen LogP contribution in [-0.2, 0) is 0 Å². The Morgan fingerprint density at radius 1 is 0.355 bits per heavy atom. The second kappa shape index (κ2) is 13.0. The minimum atomic E-state index is -0.113. The Morgan fingerprint density at radius 3 is 1.26 bits per heavy atom. The van der Waals surface area contributed by atoms with E-state index in [1.807, 2.05) is 0 Å². The van der Waals surface area contributed by atoms with Crippen molar-refractivity contribution >= 4 is 104 Å². The van der Waals surface area contributed by atoms with Crippen molar-refractivity contribution in [2.45, 2.75) is 13.8 Å². The highest BCUT2D eigenvalue weighted by Crippen LogP contribution is 2.52. The van der Waals surface area contributed by atoms with Crippen molar-refractivity contribution in [3.05, 3.63) is 194 Å². The fraction of sp³-hybridized carbons (Fsp3) is 0.0702. The van der Waals surface area contributed by atoms with Crippen LogP contribution in [0.3, 0.4) is 0 Å². The molecule has 292 valence electrons. The number of rotatable bonds is 4. The summed E-state index contributed by atoms with van der Waals surface area (Å²) in [4.78, 5) is 0. The van der Waals surface area contributed by atoms with Crippen LogP contribution >= 0.6 is 0 Å². The lowest BCUT2D eigenvalue weighted by molar-refractivity contribution is 0.535. The van der Waals surface area contributed by atoms with Gasteiger partial charge < -0.3 is 18.3 Å². The van der Waals surface area contributed by atoms with Gasteiger partial charge in [-0.15, -0.1) is 0 Å². The molecule has 0 saturated carbocycles. The summed E-state index contributed by atoms with van der Waals surface area (Å²) in [6.45, 7) is 4.58. The van der Waals surface area contributed by atoms with Crippen molar-refractivity contribution in [1.29, 1.82) is 5.26 Å². The fourth-order valence-corrected chi connectivity index (χ4v) is 11.0. The van der Waals surface area contributed by atoms with E-state index < -0.39 is 0 Å². The molecule has 0 unspecified atom stereocenters. The van der Waals surface area contributed by atoms with Gasteiger partial charge in [0.15, 0.2) is 0 Å². The van der Waals surface area contributed by atoms with Crippen LogP contribution in [0.2, 0.25) is 0 Å². The second-order valence-corrected chi connectivity index (χ2v) is 16.8. The molecule has 0 spiro atoms. The minimum absolute atomic E-state index is 0.0638. The van der Waals surface area contributed by atoms with Gasteiger partial charge in [-0.05, 0) is 54.6 Å². The number of fused-ring (bicyclic) bond motifs is 13. The van der Waals surface area contributed by atoms with Crippen molar-refractivity contribution in [1.82, 2.24) is 18.3 Å². The van der Waals surface area contributed by atoms with Gasteiger partial charge in [-0.2, -0.15) is 5.26 Å². The molecule has 4 aromatic heterocycles. The van der Waals surface area contributed by atoms with Gasteiger partial charge in [-0.1, -0.05) is 147 Å². The monoisotopic (exact) mass is 793 g/mol. The van der Waals surface area contributed by atoms with Crippen molar-refractivity contribution in [3.8, 4) is 11.8 Å². The maximum atomic E-state index is 11.6. The van der Waals surface area contributed by atoms with Crippen LogP contribution in [0.1, 0.15) is 13.8 Å². The van der Waals surface area contributed by atoms with E-state index in [-0.39, 0.29) is 11.8 Å². The average molecular weight is 794 g/mol. The summed E-state index contributed by atoms with van der Waals surface area (Å²) >= 11 is 0. The van der Waals surface area contributed by atoms with Crippen LogP contribution < -0.4 is 0 Å². The van der Waals surface area contributed by atoms with Gasteiger partial charge in [0.1, 0.15) is 0 Å².